The third kappa shape index (κ3) is 7.44. The van der Waals surface area contributed by atoms with Gasteiger partial charge in [-0.3, -0.25) is 0 Å². The van der Waals surface area contributed by atoms with Crippen LogP contribution in [-0.2, 0) is 14.2 Å². The van der Waals surface area contributed by atoms with Crippen LogP contribution in [0.3, 0.4) is 0 Å². The Balaban J connectivity index is 2.72. The fourth-order valence-corrected chi connectivity index (χ4v) is 0.391. The predicted octanol–water partition coefficient (Wildman–Crippen LogP) is 0.257. The summed E-state index contributed by atoms with van der Waals surface area (Å²) in [6.45, 7) is 1.69. The second-order valence-electron chi connectivity index (χ2n) is 1.57. The summed E-state index contributed by atoms with van der Waals surface area (Å²) in [7, 11) is 1.57. The molecular weight excluding hydrogens is 132 g/mol. The fourth-order valence-electron chi connectivity index (χ4n) is 0.391. The van der Waals surface area contributed by atoms with E-state index in [2.05, 4.69) is 10.7 Å². The minimum Gasteiger partial charge on any atom is -0.366 e. The average Bonchev–Trinajstić information content (AvgIpc) is 1.97. The van der Waals surface area contributed by atoms with Gasteiger partial charge in [-0.2, -0.15) is 0 Å². The second kappa shape index (κ2) is 8.44. The van der Waals surface area contributed by atoms with Crippen molar-refractivity contribution in [3.05, 3.63) is 0 Å². The van der Waals surface area contributed by atoms with Gasteiger partial charge in [0.1, 0.15) is 13.4 Å². The van der Waals surface area contributed by atoms with Crippen molar-refractivity contribution in [2.75, 3.05) is 33.7 Å². The van der Waals surface area contributed by atoms with Crippen LogP contribution in [0.2, 0.25) is 0 Å². The Kier molecular flexibility index (Phi) is 7.97. The summed E-state index contributed by atoms with van der Waals surface area (Å²) < 4.78 is 14.5. The molecule has 0 aliphatic heterocycles. The van der Waals surface area contributed by atoms with E-state index in [9.17, 15) is 0 Å². The van der Waals surface area contributed by atoms with Gasteiger partial charge >= 0.3 is 0 Å². The monoisotopic (exact) mass is 144 g/mol. The van der Waals surface area contributed by atoms with Crippen LogP contribution in [0.15, 0.2) is 0 Å². The number of rotatable bonds is 6. The molecule has 0 heterocycles. The minimum absolute atomic E-state index is 0.305. The summed E-state index contributed by atoms with van der Waals surface area (Å²) in [4.78, 5) is 0. The summed E-state index contributed by atoms with van der Waals surface area (Å²) in [6.07, 6.45) is 4.93. The lowest BCUT2D eigenvalue weighted by molar-refractivity contribution is -0.0480. The van der Waals surface area contributed by atoms with Gasteiger partial charge in [0.25, 0.3) is 0 Å². The van der Waals surface area contributed by atoms with Crippen molar-refractivity contribution in [3.63, 3.8) is 0 Å². The molecule has 0 fully saturated rings. The Morgan fingerprint density at radius 3 is 2.60 bits per heavy atom. The van der Waals surface area contributed by atoms with Crippen molar-refractivity contribution in [2.24, 2.45) is 0 Å². The van der Waals surface area contributed by atoms with Gasteiger partial charge in [-0.1, -0.05) is 5.92 Å². The predicted molar refractivity (Wildman–Crippen MR) is 37.5 cm³/mol. The Bertz CT molecular complexity index is 95.5. The SMILES string of the molecule is C#CCOCCOCOC. The van der Waals surface area contributed by atoms with Crippen LogP contribution in [0, 0.1) is 12.3 Å². The van der Waals surface area contributed by atoms with Crippen LogP contribution in [-0.4, -0.2) is 33.7 Å². The topological polar surface area (TPSA) is 27.7 Å². The van der Waals surface area contributed by atoms with E-state index in [1.807, 2.05) is 0 Å². The smallest absolute Gasteiger partial charge is 0.146 e. The van der Waals surface area contributed by atoms with E-state index < -0.39 is 0 Å². The lowest BCUT2D eigenvalue weighted by Gasteiger charge is -2.00. The maximum Gasteiger partial charge on any atom is 0.146 e. The van der Waals surface area contributed by atoms with E-state index in [1.54, 1.807) is 7.11 Å². The van der Waals surface area contributed by atoms with Crippen molar-refractivity contribution in [2.45, 2.75) is 0 Å². The Morgan fingerprint density at radius 2 is 2.00 bits per heavy atom. The molecule has 0 aliphatic carbocycles. The van der Waals surface area contributed by atoms with Gasteiger partial charge in [0.05, 0.1) is 13.2 Å². The second-order valence-corrected chi connectivity index (χ2v) is 1.57. The highest BCUT2D eigenvalue weighted by Gasteiger charge is 1.84. The van der Waals surface area contributed by atoms with Crippen LogP contribution in [0.4, 0.5) is 0 Å². The molecule has 0 N–H and O–H groups in total. The van der Waals surface area contributed by atoms with Crippen molar-refractivity contribution >= 4 is 0 Å². The van der Waals surface area contributed by atoms with E-state index in [0.29, 0.717) is 26.6 Å². The molecule has 0 saturated carbocycles. The fraction of sp³-hybridized carbons (Fsp3) is 0.714. The van der Waals surface area contributed by atoms with Gasteiger partial charge in [-0.05, 0) is 0 Å². The van der Waals surface area contributed by atoms with E-state index in [0.717, 1.165) is 0 Å². The molecule has 3 heteroatoms. The van der Waals surface area contributed by atoms with Crippen molar-refractivity contribution in [3.8, 4) is 12.3 Å². The summed E-state index contributed by atoms with van der Waals surface area (Å²) in [5.41, 5.74) is 0. The van der Waals surface area contributed by atoms with Crippen molar-refractivity contribution < 1.29 is 14.2 Å². The number of methoxy groups -OCH3 is 1. The van der Waals surface area contributed by atoms with E-state index in [-0.39, 0.29) is 0 Å². The van der Waals surface area contributed by atoms with Crippen LogP contribution < -0.4 is 0 Å². The molecule has 0 spiro atoms. The van der Waals surface area contributed by atoms with E-state index in [1.165, 1.54) is 0 Å². The summed E-state index contributed by atoms with van der Waals surface area (Å²) in [5, 5.41) is 0. The summed E-state index contributed by atoms with van der Waals surface area (Å²) in [6, 6.07) is 0. The zero-order valence-electron chi connectivity index (χ0n) is 6.13. The average molecular weight is 144 g/mol. The first-order valence-electron chi connectivity index (χ1n) is 2.99. The lowest BCUT2D eigenvalue weighted by atomic mass is 10.7. The summed E-state index contributed by atoms with van der Waals surface area (Å²) >= 11 is 0. The molecule has 0 amide bonds. The molecule has 0 radical (unpaired) electrons. The molecule has 0 aromatic rings. The normalized spacial score (nSPS) is 9.20. The van der Waals surface area contributed by atoms with E-state index in [4.69, 9.17) is 15.9 Å². The molecule has 0 aliphatic rings. The number of ether oxygens (including phenoxy) is 3. The van der Waals surface area contributed by atoms with Crippen LogP contribution in [0.1, 0.15) is 0 Å². The quantitative estimate of drug-likeness (QED) is 0.304. The van der Waals surface area contributed by atoms with Gasteiger partial charge in [-0.25, -0.2) is 0 Å². The molecule has 0 rings (SSSR count). The van der Waals surface area contributed by atoms with Gasteiger partial charge in [0.15, 0.2) is 0 Å². The lowest BCUT2D eigenvalue weighted by Crippen LogP contribution is -2.05. The maximum atomic E-state index is 4.93. The van der Waals surface area contributed by atoms with Crippen LogP contribution in [0.5, 0.6) is 0 Å². The third-order valence-electron chi connectivity index (χ3n) is 0.759. The molecule has 0 unspecified atom stereocenters. The van der Waals surface area contributed by atoms with Crippen molar-refractivity contribution in [1.29, 1.82) is 0 Å². The van der Waals surface area contributed by atoms with Crippen LogP contribution >= 0.6 is 0 Å². The Labute approximate surface area is 61.3 Å². The first-order chi connectivity index (χ1) is 4.91. The molecule has 0 saturated heterocycles. The molecule has 3 nitrogen and oxygen atoms in total. The molecule has 0 aromatic carbocycles. The van der Waals surface area contributed by atoms with E-state index >= 15 is 0 Å². The standard InChI is InChI=1S/C7H12O3/c1-3-4-9-5-6-10-7-8-2/h1H,4-7H2,2H3. The highest BCUT2D eigenvalue weighted by Crippen LogP contribution is 1.77. The number of hydrogen-bond donors (Lipinski definition) is 0. The van der Waals surface area contributed by atoms with Crippen LogP contribution in [0.25, 0.3) is 0 Å². The first-order valence-corrected chi connectivity index (χ1v) is 2.99. The zero-order chi connectivity index (χ0) is 7.66. The van der Waals surface area contributed by atoms with Gasteiger partial charge < -0.3 is 14.2 Å². The van der Waals surface area contributed by atoms with Gasteiger partial charge in [0, 0.05) is 7.11 Å². The third-order valence-corrected chi connectivity index (χ3v) is 0.759. The first kappa shape index (κ1) is 9.44. The molecule has 10 heavy (non-hydrogen) atoms. The Morgan fingerprint density at radius 1 is 1.30 bits per heavy atom. The number of terminal acetylenes is 1. The van der Waals surface area contributed by atoms with Crippen molar-refractivity contribution in [1.82, 2.24) is 0 Å². The number of hydrogen-bond acceptors (Lipinski definition) is 3. The molecule has 0 atom stereocenters. The maximum absolute atomic E-state index is 4.93. The Hall–Kier alpha value is -0.560. The van der Waals surface area contributed by atoms with Gasteiger partial charge in [0.2, 0.25) is 0 Å². The molecule has 0 aromatic heterocycles. The minimum atomic E-state index is 0.305. The molecule has 58 valence electrons. The zero-order valence-corrected chi connectivity index (χ0v) is 6.13. The summed E-state index contributed by atoms with van der Waals surface area (Å²) in [5.74, 6) is 2.35. The molecule has 0 bridgehead atoms. The van der Waals surface area contributed by atoms with Gasteiger partial charge in [-0.15, -0.1) is 6.42 Å². The highest BCUT2D eigenvalue weighted by molar-refractivity contribution is 4.82. The highest BCUT2D eigenvalue weighted by atomic mass is 16.7. The molecular formula is C7H12O3. The largest absolute Gasteiger partial charge is 0.366 e.